The van der Waals surface area contributed by atoms with Crippen LogP contribution in [0, 0.1) is 15.9 Å². The molecule has 0 saturated heterocycles. The zero-order valence-corrected chi connectivity index (χ0v) is 11.6. The number of nitro groups is 1. The number of benzene rings is 1. The highest BCUT2D eigenvalue weighted by atomic mass is 19.1. The summed E-state index contributed by atoms with van der Waals surface area (Å²) >= 11 is 0. The van der Waals surface area contributed by atoms with Crippen LogP contribution in [-0.2, 0) is 9.53 Å². The summed E-state index contributed by atoms with van der Waals surface area (Å²) in [5.41, 5.74) is -0.566. The molecule has 1 aromatic rings. The molecule has 0 radical (unpaired) electrons. The topological polar surface area (TPSA) is 72.7 Å². The standard InChI is InChI=1S/C13H17FN2O4/c1-4-20-12(17)8-15(9(2)3)11-7-5-6-10(14)13(11)16(18)19/h5-7,9H,4,8H2,1-3H3. The van der Waals surface area contributed by atoms with Gasteiger partial charge in [-0.05, 0) is 32.9 Å². The van der Waals surface area contributed by atoms with E-state index in [-0.39, 0.29) is 24.9 Å². The second kappa shape index (κ2) is 6.83. The minimum absolute atomic E-state index is 0.0676. The van der Waals surface area contributed by atoms with E-state index in [1.807, 2.05) is 0 Å². The fourth-order valence-corrected chi connectivity index (χ4v) is 1.81. The molecule has 0 N–H and O–H groups in total. The van der Waals surface area contributed by atoms with Crippen molar-refractivity contribution in [3.05, 3.63) is 34.1 Å². The number of para-hydroxylation sites is 1. The summed E-state index contributed by atoms with van der Waals surface area (Å²) in [5.74, 6) is -1.44. The number of rotatable bonds is 6. The Morgan fingerprint density at radius 2 is 2.15 bits per heavy atom. The Morgan fingerprint density at radius 3 is 2.65 bits per heavy atom. The minimum Gasteiger partial charge on any atom is -0.465 e. The largest absolute Gasteiger partial charge is 0.465 e. The molecule has 6 nitrogen and oxygen atoms in total. The molecule has 7 heteroatoms. The van der Waals surface area contributed by atoms with Gasteiger partial charge in [0.05, 0.1) is 11.5 Å². The first-order valence-corrected chi connectivity index (χ1v) is 6.23. The molecule has 0 aliphatic carbocycles. The van der Waals surface area contributed by atoms with Crippen molar-refractivity contribution in [2.75, 3.05) is 18.1 Å². The monoisotopic (exact) mass is 284 g/mol. The Kier molecular flexibility index (Phi) is 5.42. The van der Waals surface area contributed by atoms with Crippen LogP contribution in [0.4, 0.5) is 15.8 Å². The van der Waals surface area contributed by atoms with Gasteiger partial charge in [-0.3, -0.25) is 14.9 Å². The van der Waals surface area contributed by atoms with Gasteiger partial charge in [0.2, 0.25) is 5.82 Å². The van der Waals surface area contributed by atoms with Crippen molar-refractivity contribution in [1.82, 2.24) is 0 Å². The number of carbonyl (C=O) groups is 1. The normalized spacial score (nSPS) is 10.4. The second-order valence-electron chi connectivity index (χ2n) is 4.39. The average molecular weight is 284 g/mol. The third-order valence-electron chi connectivity index (χ3n) is 2.69. The van der Waals surface area contributed by atoms with Crippen LogP contribution in [-0.4, -0.2) is 30.1 Å². The van der Waals surface area contributed by atoms with Crippen molar-refractivity contribution >= 4 is 17.3 Å². The van der Waals surface area contributed by atoms with Crippen LogP contribution in [0.25, 0.3) is 0 Å². The molecule has 1 rings (SSSR count). The number of hydrogen-bond donors (Lipinski definition) is 0. The van der Waals surface area contributed by atoms with E-state index in [2.05, 4.69) is 0 Å². The molecule has 0 aliphatic rings. The van der Waals surface area contributed by atoms with Crippen LogP contribution in [0.5, 0.6) is 0 Å². The van der Waals surface area contributed by atoms with E-state index in [4.69, 9.17) is 4.74 Å². The molecule has 1 aromatic carbocycles. The SMILES string of the molecule is CCOC(=O)CN(c1cccc(F)c1[N+](=O)[O-])C(C)C. The van der Waals surface area contributed by atoms with Gasteiger partial charge in [0.15, 0.2) is 0 Å². The molecule has 0 spiro atoms. The Balaban J connectivity index is 3.19. The zero-order valence-electron chi connectivity index (χ0n) is 11.6. The van der Waals surface area contributed by atoms with Gasteiger partial charge in [-0.25, -0.2) is 0 Å². The molecule has 20 heavy (non-hydrogen) atoms. The molecule has 0 aliphatic heterocycles. The van der Waals surface area contributed by atoms with Crippen LogP contribution in [0.1, 0.15) is 20.8 Å². The van der Waals surface area contributed by atoms with Crippen molar-refractivity contribution in [3.63, 3.8) is 0 Å². The zero-order chi connectivity index (χ0) is 15.3. The van der Waals surface area contributed by atoms with E-state index in [0.717, 1.165) is 6.07 Å². The minimum atomic E-state index is -0.929. The van der Waals surface area contributed by atoms with Gasteiger partial charge in [-0.2, -0.15) is 4.39 Å². The van der Waals surface area contributed by atoms with E-state index < -0.39 is 22.4 Å². The van der Waals surface area contributed by atoms with Gasteiger partial charge >= 0.3 is 11.7 Å². The lowest BCUT2D eigenvalue weighted by atomic mass is 10.2. The molecule has 110 valence electrons. The van der Waals surface area contributed by atoms with Crippen LogP contribution < -0.4 is 4.90 Å². The van der Waals surface area contributed by atoms with Crippen LogP contribution in [0.2, 0.25) is 0 Å². The highest BCUT2D eigenvalue weighted by molar-refractivity contribution is 5.78. The Labute approximate surface area is 116 Å². The third-order valence-corrected chi connectivity index (χ3v) is 2.69. The fraction of sp³-hybridized carbons (Fsp3) is 0.462. The van der Waals surface area contributed by atoms with Gasteiger partial charge < -0.3 is 9.64 Å². The first-order valence-electron chi connectivity index (χ1n) is 6.23. The maximum atomic E-state index is 13.6. The van der Waals surface area contributed by atoms with Crippen LogP contribution in [0.3, 0.4) is 0 Å². The lowest BCUT2D eigenvalue weighted by molar-refractivity contribution is -0.386. The number of hydrogen-bond acceptors (Lipinski definition) is 5. The second-order valence-corrected chi connectivity index (χ2v) is 4.39. The lowest BCUT2D eigenvalue weighted by Crippen LogP contribution is -2.37. The summed E-state index contributed by atoms with van der Waals surface area (Å²) in [6.45, 7) is 5.23. The highest BCUT2D eigenvalue weighted by Gasteiger charge is 2.27. The molecule has 0 aromatic heterocycles. The van der Waals surface area contributed by atoms with Gasteiger partial charge in [0.25, 0.3) is 0 Å². The number of ether oxygens (including phenoxy) is 1. The summed E-state index contributed by atoms with van der Waals surface area (Å²) in [5, 5.41) is 11.0. The number of carbonyl (C=O) groups excluding carboxylic acids is 1. The van der Waals surface area contributed by atoms with E-state index in [9.17, 15) is 19.3 Å². The molecule has 0 unspecified atom stereocenters. The van der Waals surface area contributed by atoms with E-state index in [0.29, 0.717) is 0 Å². The molecular formula is C13H17FN2O4. The lowest BCUT2D eigenvalue weighted by Gasteiger charge is -2.27. The van der Waals surface area contributed by atoms with Gasteiger partial charge in [-0.15, -0.1) is 0 Å². The molecule has 0 amide bonds. The molecule has 0 fully saturated rings. The first-order chi connectivity index (χ1) is 9.38. The maximum absolute atomic E-state index is 13.6. The summed E-state index contributed by atoms with van der Waals surface area (Å²) in [6.07, 6.45) is 0. The van der Waals surface area contributed by atoms with Crippen molar-refractivity contribution in [3.8, 4) is 0 Å². The number of nitrogens with zero attached hydrogens (tertiary/aromatic N) is 2. The number of nitro benzene ring substituents is 1. The van der Waals surface area contributed by atoms with E-state index >= 15 is 0 Å². The van der Waals surface area contributed by atoms with E-state index in [1.165, 1.54) is 17.0 Å². The molecule has 0 heterocycles. The molecule has 0 atom stereocenters. The van der Waals surface area contributed by atoms with Crippen LogP contribution >= 0.6 is 0 Å². The Morgan fingerprint density at radius 1 is 1.50 bits per heavy atom. The predicted molar refractivity (Wildman–Crippen MR) is 72.2 cm³/mol. The Hall–Kier alpha value is -2.18. The van der Waals surface area contributed by atoms with Crippen molar-refractivity contribution in [2.45, 2.75) is 26.8 Å². The van der Waals surface area contributed by atoms with Gasteiger partial charge in [0.1, 0.15) is 12.2 Å². The van der Waals surface area contributed by atoms with Gasteiger partial charge in [-0.1, -0.05) is 6.07 Å². The fourth-order valence-electron chi connectivity index (χ4n) is 1.81. The average Bonchev–Trinajstić information content (AvgIpc) is 2.35. The number of anilines is 1. The quantitative estimate of drug-likeness (QED) is 0.456. The van der Waals surface area contributed by atoms with Gasteiger partial charge in [0, 0.05) is 6.04 Å². The van der Waals surface area contributed by atoms with Crippen molar-refractivity contribution in [1.29, 1.82) is 0 Å². The maximum Gasteiger partial charge on any atom is 0.327 e. The highest BCUT2D eigenvalue weighted by Crippen LogP contribution is 2.31. The van der Waals surface area contributed by atoms with Crippen LogP contribution in [0.15, 0.2) is 18.2 Å². The summed E-state index contributed by atoms with van der Waals surface area (Å²) in [6, 6.07) is 3.59. The smallest absolute Gasteiger partial charge is 0.327 e. The Bertz CT molecular complexity index is 505. The summed E-state index contributed by atoms with van der Waals surface area (Å²) in [4.78, 5) is 23.2. The molecular weight excluding hydrogens is 267 g/mol. The predicted octanol–water partition coefficient (Wildman–Crippen LogP) is 2.51. The van der Waals surface area contributed by atoms with E-state index in [1.54, 1.807) is 20.8 Å². The summed E-state index contributed by atoms with van der Waals surface area (Å²) in [7, 11) is 0. The van der Waals surface area contributed by atoms with Crippen molar-refractivity contribution < 1.29 is 18.8 Å². The first kappa shape index (κ1) is 15.9. The summed E-state index contributed by atoms with van der Waals surface area (Å²) < 4.78 is 18.5. The molecule has 0 bridgehead atoms. The third kappa shape index (κ3) is 3.66. The number of esters is 1. The molecule has 0 saturated carbocycles. The van der Waals surface area contributed by atoms with Crippen molar-refractivity contribution in [2.24, 2.45) is 0 Å². The number of halogens is 1.